The van der Waals surface area contributed by atoms with E-state index in [-0.39, 0.29) is 26.5 Å². The Bertz CT molecular complexity index is 1370. The summed E-state index contributed by atoms with van der Waals surface area (Å²) in [4.78, 5) is 38.9. The van der Waals surface area contributed by atoms with Crippen molar-refractivity contribution < 1.29 is 19.1 Å². The monoisotopic (exact) mass is 514 g/mol. The zero-order chi connectivity index (χ0) is 24.6. The molecule has 0 fully saturated rings. The summed E-state index contributed by atoms with van der Waals surface area (Å²) in [5.41, 5.74) is 2.87. The fourth-order valence-corrected chi connectivity index (χ4v) is 3.87. The van der Waals surface area contributed by atoms with Gasteiger partial charge in [-0.25, -0.2) is 9.69 Å². The number of rotatable bonds is 5. The third-order valence-electron chi connectivity index (χ3n) is 5.28. The predicted molar refractivity (Wildman–Crippen MR) is 133 cm³/mol. The Labute approximate surface area is 210 Å². The summed E-state index contributed by atoms with van der Waals surface area (Å²) in [7, 11) is 0. The van der Waals surface area contributed by atoms with Crippen LogP contribution in [0.15, 0.2) is 71.4 Å². The molecule has 1 aliphatic rings. The largest absolute Gasteiger partial charge is 0.423 e. The summed E-state index contributed by atoms with van der Waals surface area (Å²) in [6, 6.07) is 16.2. The SMILES string of the molecule is Cc1ccc(OC(=O)c2ccc(NC3=C(Cl)C(=O)N(c4cccc(Cl)c4Cl)C3=O)cc2)cc1C. The van der Waals surface area contributed by atoms with Gasteiger partial charge >= 0.3 is 5.97 Å². The molecule has 0 aromatic heterocycles. The molecule has 1 aliphatic heterocycles. The molecule has 172 valence electrons. The summed E-state index contributed by atoms with van der Waals surface area (Å²) in [5.74, 6) is -1.49. The summed E-state index contributed by atoms with van der Waals surface area (Å²) in [6.45, 7) is 3.91. The second-order valence-corrected chi connectivity index (χ2v) is 8.71. The van der Waals surface area contributed by atoms with Crippen molar-refractivity contribution in [3.63, 3.8) is 0 Å². The van der Waals surface area contributed by atoms with Crippen molar-refractivity contribution >= 4 is 64.0 Å². The van der Waals surface area contributed by atoms with Crippen molar-refractivity contribution in [3.8, 4) is 5.75 Å². The Morgan fingerprint density at radius 2 is 1.59 bits per heavy atom. The number of carbonyl (C=O) groups excluding carboxylic acids is 3. The molecule has 1 heterocycles. The molecule has 0 spiro atoms. The summed E-state index contributed by atoms with van der Waals surface area (Å²) < 4.78 is 5.42. The van der Waals surface area contributed by atoms with Crippen LogP contribution in [0, 0.1) is 13.8 Å². The fraction of sp³-hybridized carbons (Fsp3) is 0.0800. The first-order valence-corrected chi connectivity index (χ1v) is 11.2. The number of anilines is 2. The Morgan fingerprint density at radius 3 is 2.26 bits per heavy atom. The number of imide groups is 1. The van der Waals surface area contributed by atoms with E-state index >= 15 is 0 Å². The van der Waals surface area contributed by atoms with Gasteiger partial charge in [0.2, 0.25) is 0 Å². The van der Waals surface area contributed by atoms with Gasteiger partial charge < -0.3 is 10.1 Å². The third-order valence-corrected chi connectivity index (χ3v) is 6.44. The predicted octanol–water partition coefficient (Wildman–Crippen LogP) is 6.27. The van der Waals surface area contributed by atoms with E-state index in [1.807, 2.05) is 19.9 Å². The molecule has 0 radical (unpaired) electrons. The average Bonchev–Trinajstić information content (AvgIpc) is 3.02. The van der Waals surface area contributed by atoms with Gasteiger partial charge in [0, 0.05) is 5.69 Å². The van der Waals surface area contributed by atoms with Crippen molar-refractivity contribution in [2.24, 2.45) is 0 Å². The van der Waals surface area contributed by atoms with Crippen molar-refractivity contribution in [3.05, 3.63) is 98.1 Å². The average molecular weight is 516 g/mol. The second-order valence-electron chi connectivity index (χ2n) is 7.55. The molecule has 0 unspecified atom stereocenters. The van der Waals surface area contributed by atoms with Crippen molar-refractivity contribution in [1.82, 2.24) is 0 Å². The Kier molecular flexibility index (Phi) is 6.66. The van der Waals surface area contributed by atoms with E-state index in [0.29, 0.717) is 17.0 Å². The third kappa shape index (κ3) is 4.53. The number of amides is 2. The van der Waals surface area contributed by atoms with Crippen LogP contribution in [0.5, 0.6) is 5.75 Å². The maximum absolute atomic E-state index is 12.9. The van der Waals surface area contributed by atoms with Crippen LogP contribution in [0.4, 0.5) is 11.4 Å². The minimum absolute atomic E-state index is 0.0585. The molecule has 3 aromatic rings. The van der Waals surface area contributed by atoms with Crippen LogP contribution in [0.1, 0.15) is 21.5 Å². The first kappa shape index (κ1) is 23.8. The van der Waals surface area contributed by atoms with Crippen LogP contribution in [-0.2, 0) is 9.59 Å². The summed E-state index contributed by atoms with van der Waals surface area (Å²) in [6.07, 6.45) is 0. The molecule has 1 N–H and O–H groups in total. The van der Waals surface area contributed by atoms with Crippen molar-refractivity contribution in [1.29, 1.82) is 0 Å². The van der Waals surface area contributed by atoms with Gasteiger partial charge in [-0.15, -0.1) is 0 Å². The van der Waals surface area contributed by atoms with Crippen LogP contribution < -0.4 is 15.0 Å². The highest BCUT2D eigenvalue weighted by atomic mass is 35.5. The summed E-state index contributed by atoms with van der Waals surface area (Å²) in [5, 5.41) is 2.80. The molecular formula is C25H17Cl3N2O4. The topological polar surface area (TPSA) is 75.7 Å². The minimum atomic E-state index is -0.730. The summed E-state index contributed by atoms with van der Waals surface area (Å²) >= 11 is 18.4. The molecule has 4 rings (SSSR count). The highest BCUT2D eigenvalue weighted by molar-refractivity contribution is 6.54. The number of ether oxygens (including phenoxy) is 1. The van der Waals surface area contributed by atoms with Gasteiger partial charge in [-0.1, -0.05) is 46.9 Å². The highest BCUT2D eigenvalue weighted by Gasteiger charge is 2.40. The molecule has 34 heavy (non-hydrogen) atoms. The van der Waals surface area contributed by atoms with Crippen LogP contribution in [-0.4, -0.2) is 17.8 Å². The molecule has 0 bridgehead atoms. The first-order chi connectivity index (χ1) is 16.2. The normalized spacial score (nSPS) is 13.5. The van der Waals surface area contributed by atoms with Crippen molar-refractivity contribution in [2.75, 3.05) is 10.2 Å². The van der Waals surface area contributed by atoms with Gasteiger partial charge in [-0.05, 0) is 73.5 Å². The molecule has 0 saturated carbocycles. The van der Waals surface area contributed by atoms with E-state index in [0.717, 1.165) is 16.0 Å². The fourth-order valence-electron chi connectivity index (χ4n) is 3.27. The molecule has 6 nitrogen and oxygen atoms in total. The van der Waals surface area contributed by atoms with Gasteiger partial charge in [-0.3, -0.25) is 9.59 Å². The molecular weight excluding hydrogens is 499 g/mol. The number of aryl methyl sites for hydroxylation is 2. The minimum Gasteiger partial charge on any atom is -0.423 e. The highest BCUT2D eigenvalue weighted by Crippen LogP contribution is 2.37. The van der Waals surface area contributed by atoms with E-state index in [1.165, 1.54) is 18.2 Å². The van der Waals surface area contributed by atoms with E-state index in [9.17, 15) is 14.4 Å². The number of nitrogens with zero attached hydrogens (tertiary/aromatic N) is 1. The number of carbonyl (C=O) groups is 3. The standard InChI is InChI=1S/C25H17Cl3N2O4/c1-13-6-11-17(12-14(13)2)34-25(33)15-7-9-16(10-8-15)29-22-21(28)23(31)30(24(22)32)19-5-3-4-18(26)20(19)27/h3-12,29H,1-2H3. The zero-order valence-electron chi connectivity index (χ0n) is 18.0. The lowest BCUT2D eigenvalue weighted by Gasteiger charge is -2.17. The first-order valence-electron chi connectivity index (χ1n) is 10.1. The Balaban J connectivity index is 1.50. The van der Waals surface area contributed by atoms with Gasteiger partial charge in [0.1, 0.15) is 16.5 Å². The van der Waals surface area contributed by atoms with Crippen molar-refractivity contribution in [2.45, 2.75) is 13.8 Å². The van der Waals surface area contributed by atoms with Gasteiger partial charge in [0.25, 0.3) is 11.8 Å². The van der Waals surface area contributed by atoms with Gasteiger partial charge in [-0.2, -0.15) is 0 Å². The van der Waals surface area contributed by atoms with Crippen LogP contribution >= 0.6 is 34.8 Å². The zero-order valence-corrected chi connectivity index (χ0v) is 20.3. The lowest BCUT2D eigenvalue weighted by atomic mass is 10.1. The maximum Gasteiger partial charge on any atom is 0.343 e. The molecule has 9 heteroatoms. The number of halogens is 3. The lowest BCUT2D eigenvalue weighted by Crippen LogP contribution is -2.32. The molecule has 3 aromatic carbocycles. The smallest absolute Gasteiger partial charge is 0.343 e. The lowest BCUT2D eigenvalue weighted by molar-refractivity contribution is -0.120. The quantitative estimate of drug-likeness (QED) is 0.246. The Hall–Kier alpha value is -3.32. The number of hydrogen-bond acceptors (Lipinski definition) is 5. The van der Waals surface area contributed by atoms with E-state index < -0.39 is 17.8 Å². The van der Waals surface area contributed by atoms with Crippen LogP contribution in [0.3, 0.4) is 0 Å². The molecule has 2 amide bonds. The number of esters is 1. The van der Waals surface area contributed by atoms with E-state index in [1.54, 1.807) is 36.4 Å². The number of benzene rings is 3. The second kappa shape index (κ2) is 9.50. The molecule has 0 atom stereocenters. The molecule has 0 aliphatic carbocycles. The van der Waals surface area contributed by atoms with E-state index in [2.05, 4.69) is 5.32 Å². The number of nitrogens with one attached hydrogen (secondary N) is 1. The number of hydrogen-bond donors (Lipinski definition) is 1. The van der Waals surface area contributed by atoms with Crippen LogP contribution in [0.2, 0.25) is 10.0 Å². The van der Waals surface area contributed by atoms with E-state index in [4.69, 9.17) is 39.5 Å². The van der Waals surface area contributed by atoms with Crippen LogP contribution in [0.25, 0.3) is 0 Å². The molecule has 0 saturated heterocycles. The maximum atomic E-state index is 12.9. The Morgan fingerprint density at radius 1 is 0.882 bits per heavy atom. The van der Waals surface area contributed by atoms with Gasteiger partial charge in [0.05, 0.1) is 21.3 Å². The van der Waals surface area contributed by atoms with Gasteiger partial charge in [0.15, 0.2) is 0 Å².